The molecule has 0 unspecified atom stereocenters. The van der Waals surface area contributed by atoms with Gasteiger partial charge in [0.15, 0.2) is 5.82 Å². The van der Waals surface area contributed by atoms with E-state index in [0.29, 0.717) is 54.7 Å². The van der Waals surface area contributed by atoms with E-state index in [1.54, 1.807) is 24.8 Å². The fraction of sp³-hybridized carbons (Fsp3) is 0.429. The number of amides is 1. The highest BCUT2D eigenvalue weighted by molar-refractivity contribution is 5.92. The number of ether oxygens (including phenoxy) is 1. The molecular formula is C21H22F3N7O3. The SMILES string of the molecule is Cc1nnn(Cc2cc(OC(F)(F)F)ccc2C=CC(=O)N2CCC(c3nnc(C)o3)CC2)n1. The molecule has 34 heavy (non-hydrogen) atoms. The highest BCUT2D eigenvalue weighted by Crippen LogP contribution is 2.28. The summed E-state index contributed by atoms with van der Waals surface area (Å²) in [6.45, 7) is 4.50. The number of aryl methyl sites for hydroxylation is 2. The maximum absolute atomic E-state index is 12.7. The number of carbonyl (C=O) groups is 1. The van der Waals surface area contributed by atoms with Gasteiger partial charge >= 0.3 is 6.36 Å². The van der Waals surface area contributed by atoms with E-state index < -0.39 is 6.36 Å². The van der Waals surface area contributed by atoms with Gasteiger partial charge in [0.05, 0.1) is 6.54 Å². The Bertz CT molecular complexity index is 1180. The van der Waals surface area contributed by atoms with Crippen molar-refractivity contribution in [2.75, 3.05) is 13.1 Å². The van der Waals surface area contributed by atoms with Gasteiger partial charge in [-0.1, -0.05) is 6.07 Å². The van der Waals surface area contributed by atoms with Crippen molar-refractivity contribution in [3.05, 3.63) is 53.0 Å². The average molecular weight is 477 g/mol. The summed E-state index contributed by atoms with van der Waals surface area (Å²) in [5.74, 6) is 1.06. The fourth-order valence-corrected chi connectivity index (χ4v) is 3.71. The number of benzene rings is 1. The maximum Gasteiger partial charge on any atom is 0.573 e. The van der Waals surface area contributed by atoms with Gasteiger partial charge in [0.2, 0.25) is 17.7 Å². The van der Waals surface area contributed by atoms with Crippen molar-refractivity contribution in [2.45, 2.75) is 45.5 Å². The first-order chi connectivity index (χ1) is 16.2. The molecule has 13 heteroatoms. The molecule has 10 nitrogen and oxygen atoms in total. The predicted octanol–water partition coefficient (Wildman–Crippen LogP) is 3.04. The molecule has 1 aliphatic rings. The number of likely N-dealkylation sites (tertiary alicyclic amines) is 1. The summed E-state index contributed by atoms with van der Waals surface area (Å²) in [7, 11) is 0. The van der Waals surface area contributed by atoms with Crippen molar-refractivity contribution in [3.63, 3.8) is 0 Å². The minimum atomic E-state index is -4.82. The number of rotatable bonds is 6. The minimum Gasteiger partial charge on any atom is -0.425 e. The van der Waals surface area contributed by atoms with Crippen LogP contribution in [0.1, 0.15) is 47.5 Å². The van der Waals surface area contributed by atoms with Crippen molar-refractivity contribution in [2.24, 2.45) is 0 Å². The molecule has 0 N–H and O–H groups in total. The van der Waals surface area contributed by atoms with Crippen molar-refractivity contribution in [1.82, 2.24) is 35.3 Å². The molecule has 1 saturated heterocycles. The molecule has 0 atom stereocenters. The van der Waals surface area contributed by atoms with E-state index in [9.17, 15) is 18.0 Å². The molecule has 1 amide bonds. The Hall–Kier alpha value is -3.77. The number of piperidine rings is 1. The molecule has 1 aliphatic heterocycles. The molecular weight excluding hydrogens is 455 g/mol. The second-order valence-electron chi connectivity index (χ2n) is 7.87. The van der Waals surface area contributed by atoms with E-state index in [1.807, 2.05) is 0 Å². The van der Waals surface area contributed by atoms with Gasteiger partial charge in [-0.25, -0.2) is 0 Å². The molecule has 3 heterocycles. The van der Waals surface area contributed by atoms with Gasteiger partial charge in [-0.2, -0.15) is 4.80 Å². The number of tetrazole rings is 1. The van der Waals surface area contributed by atoms with Gasteiger partial charge in [0.25, 0.3) is 0 Å². The van der Waals surface area contributed by atoms with Gasteiger partial charge in [-0.05, 0) is 54.3 Å². The van der Waals surface area contributed by atoms with E-state index in [4.69, 9.17) is 4.42 Å². The molecule has 2 aromatic heterocycles. The lowest BCUT2D eigenvalue weighted by Crippen LogP contribution is -2.36. The molecule has 0 aliphatic carbocycles. The molecule has 3 aromatic rings. The maximum atomic E-state index is 12.7. The smallest absolute Gasteiger partial charge is 0.425 e. The molecule has 0 spiro atoms. The number of hydrogen-bond donors (Lipinski definition) is 0. The first kappa shape index (κ1) is 23.4. The lowest BCUT2D eigenvalue weighted by molar-refractivity contribution is -0.274. The molecule has 180 valence electrons. The summed E-state index contributed by atoms with van der Waals surface area (Å²) in [6.07, 6.45) is -0.453. The average Bonchev–Trinajstić information content (AvgIpc) is 3.40. The monoisotopic (exact) mass is 477 g/mol. The topological polar surface area (TPSA) is 112 Å². The van der Waals surface area contributed by atoms with Crippen LogP contribution in [0.15, 0.2) is 28.7 Å². The molecule has 0 saturated carbocycles. The number of hydrogen-bond acceptors (Lipinski definition) is 8. The fourth-order valence-electron chi connectivity index (χ4n) is 3.71. The van der Waals surface area contributed by atoms with Crippen LogP contribution in [0.2, 0.25) is 0 Å². The third-order valence-corrected chi connectivity index (χ3v) is 5.32. The van der Waals surface area contributed by atoms with Crippen LogP contribution in [-0.2, 0) is 11.3 Å². The Morgan fingerprint density at radius 3 is 2.59 bits per heavy atom. The number of halogens is 3. The summed E-state index contributed by atoms with van der Waals surface area (Å²) in [6, 6.07) is 3.89. The largest absolute Gasteiger partial charge is 0.573 e. The highest BCUT2D eigenvalue weighted by atomic mass is 19.4. The number of nitrogens with zero attached hydrogens (tertiary/aromatic N) is 7. The standard InChI is InChI=1S/C21H22F3N7O3/c1-13-25-29-31(28-13)12-17-11-18(34-21(22,23)24)5-3-15(17)4-6-19(32)30-9-7-16(8-10-30)20-27-26-14(2)33-20/h3-6,11,16H,7-10,12H2,1-2H3. The van der Waals surface area contributed by atoms with Gasteiger partial charge in [0.1, 0.15) is 5.75 Å². The van der Waals surface area contributed by atoms with Crippen molar-refractivity contribution in [1.29, 1.82) is 0 Å². The Balaban J connectivity index is 1.46. The van der Waals surface area contributed by atoms with Crippen LogP contribution in [0.25, 0.3) is 6.08 Å². The third kappa shape index (κ3) is 5.97. The molecule has 0 radical (unpaired) electrons. The van der Waals surface area contributed by atoms with Crippen LogP contribution < -0.4 is 4.74 Å². The van der Waals surface area contributed by atoms with E-state index in [-0.39, 0.29) is 24.1 Å². The van der Waals surface area contributed by atoms with Gasteiger partial charge in [-0.3, -0.25) is 4.79 Å². The normalized spacial score (nSPS) is 15.3. The lowest BCUT2D eigenvalue weighted by atomic mass is 9.96. The zero-order valence-electron chi connectivity index (χ0n) is 18.5. The van der Waals surface area contributed by atoms with Crippen molar-refractivity contribution >= 4 is 12.0 Å². The van der Waals surface area contributed by atoms with Gasteiger partial charge in [0, 0.05) is 32.0 Å². The quantitative estimate of drug-likeness (QED) is 0.498. The first-order valence-corrected chi connectivity index (χ1v) is 10.6. The van der Waals surface area contributed by atoms with E-state index in [2.05, 4.69) is 30.3 Å². The predicted molar refractivity (Wildman–Crippen MR) is 111 cm³/mol. The Morgan fingerprint density at radius 1 is 1.21 bits per heavy atom. The van der Waals surface area contributed by atoms with Crippen LogP contribution in [0.4, 0.5) is 13.2 Å². The van der Waals surface area contributed by atoms with Crippen LogP contribution in [0, 0.1) is 13.8 Å². The summed E-state index contributed by atoms with van der Waals surface area (Å²) in [5, 5.41) is 19.6. The molecule has 0 bridgehead atoms. The van der Waals surface area contributed by atoms with E-state index in [0.717, 1.165) is 0 Å². The molecule has 1 fully saturated rings. The summed E-state index contributed by atoms with van der Waals surface area (Å²) in [4.78, 5) is 15.7. The van der Waals surface area contributed by atoms with Gasteiger partial charge < -0.3 is 14.1 Å². The number of carbonyl (C=O) groups excluding carboxylic acids is 1. The summed E-state index contributed by atoms with van der Waals surface area (Å²) < 4.78 is 47.5. The zero-order chi connectivity index (χ0) is 24.3. The van der Waals surface area contributed by atoms with E-state index in [1.165, 1.54) is 29.1 Å². The van der Waals surface area contributed by atoms with Crippen molar-refractivity contribution in [3.8, 4) is 5.75 Å². The summed E-state index contributed by atoms with van der Waals surface area (Å²) in [5.41, 5.74) is 0.975. The second kappa shape index (κ2) is 9.61. The third-order valence-electron chi connectivity index (χ3n) is 5.32. The Morgan fingerprint density at radius 2 is 1.97 bits per heavy atom. The highest BCUT2D eigenvalue weighted by Gasteiger charge is 2.31. The van der Waals surface area contributed by atoms with Crippen molar-refractivity contribution < 1.29 is 27.1 Å². The molecule has 1 aromatic carbocycles. The second-order valence-corrected chi connectivity index (χ2v) is 7.87. The van der Waals surface area contributed by atoms with Crippen LogP contribution in [0.3, 0.4) is 0 Å². The van der Waals surface area contributed by atoms with Crippen LogP contribution in [0.5, 0.6) is 5.75 Å². The molecule has 4 rings (SSSR count). The zero-order valence-corrected chi connectivity index (χ0v) is 18.5. The lowest BCUT2D eigenvalue weighted by Gasteiger charge is -2.29. The number of aromatic nitrogens is 6. The van der Waals surface area contributed by atoms with Gasteiger partial charge in [-0.15, -0.1) is 33.6 Å². The van der Waals surface area contributed by atoms with Crippen LogP contribution >= 0.6 is 0 Å². The Labute approximate surface area is 192 Å². The van der Waals surface area contributed by atoms with Crippen LogP contribution in [-0.4, -0.2) is 60.7 Å². The number of alkyl halides is 3. The Kier molecular flexibility index (Phi) is 6.61. The first-order valence-electron chi connectivity index (χ1n) is 10.6. The van der Waals surface area contributed by atoms with E-state index >= 15 is 0 Å². The summed E-state index contributed by atoms with van der Waals surface area (Å²) >= 11 is 0. The minimum absolute atomic E-state index is 0.0543.